The molecule has 0 unspecified atom stereocenters. The number of carbonyl (C=O) groups is 2. The molecule has 0 saturated carbocycles. The molecular weight excluding hydrogens is 185 g/mol. The van der Waals surface area contributed by atoms with Crippen LogP contribution in [0.1, 0.15) is 0 Å². The Morgan fingerprint density at radius 2 is 1.88 bits per heavy atom. The number of esters is 1. The Hall–Kier alpha value is 0.745. The van der Waals surface area contributed by atoms with Gasteiger partial charge >= 0.3 is 11.9 Å². The second-order valence-electron chi connectivity index (χ2n) is 0.797. The Bertz CT molecular complexity index is 99.5. The van der Waals surface area contributed by atoms with Crippen LogP contribution in [0.15, 0.2) is 0 Å². The van der Waals surface area contributed by atoms with Crippen molar-refractivity contribution < 1.29 is 19.4 Å². The summed E-state index contributed by atoms with van der Waals surface area (Å²) >= 11 is 0. The zero-order chi connectivity index (χ0) is 5.86. The normalized spacial score (nSPS) is 6.62. The van der Waals surface area contributed by atoms with E-state index in [9.17, 15) is 9.59 Å². The van der Waals surface area contributed by atoms with Gasteiger partial charge in [0, 0.05) is 58.2 Å². The van der Waals surface area contributed by atoms with Gasteiger partial charge < -0.3 is 9.84 Å². The van der Waals surface area contributed by atoms with Gasteiger partial charge in [-0.2, -0.15) is 0 Å². The molecule has 0 aliphatic rings. The van der Waals surface area contributed by atoms with Gasteiger partial charge in [-0.15, -0.1) is 0 Å². The van der Waals surface area contributed by atoms with Crippen LogP contribution in [0.5, 0.6) is 0 Å². The van der Waals surface area contributed by atoms with E-state index in [2.05, 4.69) is 4.74 Å². The fourth-order valence-electron chi connectivity index (χ4n) is 0.0873. The molecule has 0 aromatic rings. The molecule has 0 bridgehead atoms. The van der Waals surface area contributed by atoms with E-state index in [0.29, 0.717) is 0 Å². The first-order valence-corrected chi connectivity index (χ1v) is 1.49. The Kier molecular flexibility index (Phi) is 8.47. The third kappa shape index (κ3) is 4.89. The van der Waals surface area contributed by atoms with Gasteiger partial charge in [0.1, 0.15) is 0 Å². The predicted octanol–water partition coefficient (Wildman–Crippen LogP) is -1.14. The van der Waals surface area contributed by atoms with Crippen molar-refractivity contribution in [1.29, 1.82) is 0 Å². The number of ether oxygens (including phenoxy) is 1. The molecule has 0 atom stereocenters. The summed E-state index contributed by atoms with van der Waals surface area (Å²) in [5.74, 6) is -2.80. The SMILES string of the molecule is COC(=O)C(=O)O.[Rb]. The van der Waals surface area contributed by atoms with Crippen LogP contribution >= 0.6 is 0 Å². The molecule has 0 saturated heterocycles. The zero-order valence-corrected chi connectivity index (χ0v) is 9.59. The van der Waals surface area contributed by atoms with Crippen LogP contribution in [0.25, 0.3) is 0 Å². The van der Waals surface area contributed by atoms with Crippen molar-refractivity contribution in [2.24, 2.45) is 0 Å². The first-order valence-electron chi connectivity index (χ1n) is 1.49. The van der Waals surface area contributed by atoms with E-state index in [0.717, 1.165) is 7.11 Å². The van der Waals surface area contributed by atoms with Crippen LogP contribution < -0.4 is 0 Å². The van der Waals surface area contributed by atoms with Gasteiger partial charge in [0.25, 0.3) is 0 Å². The Morgan fingerprint density at radius 1 is 1.50 bits per heavy atom. The summed E-state index contributed by atoms with van der Waals surface area (Å²) in [6.07, 6.45) is 0. The predicted molar refractivity (Wildman–Crippen MR) is 25.4 cm³/mol. The van der Waals surface area contributed by atoms with E-state index in [-0.39, 0.29) is 58.2 Å². The fraction of sp³-hybridized carbons (Fsp3) is 0.333. The van der Waals surface area contributed by atoms with Gasteiger partial charge in [-0.3, -0.25) is 0 Å². The number of aliphatic carboxylic acids is 1. The minimum Gasteiger partial charge on any atom is -0.473 e. The van der Waals surface area contributed by atoms with Gasteiger partial charge in [-0.1, -0.05) is 0 Å². The molecule has 0 aromatic carbocycles. The summed E-state index contributed by atoms with van der Waals surface area (Å²) in [4.78, 5) is 19.1. The average molecular weight is 190 g/mol. The standard InChI is InChI=1S/C3H4O4.Rb/c1-7-3(6)2(4)5;/h1H3,(H,4,5);. The number of carboxylic acid groups (broad SMARTS) is 1. The van der Waals surface area contributed by atoms with Crippen LogP contribution in [0.2, 0.25) is 0 Å². The molecule has 0 amide bonds. The molecule has 1 N–H and O–H groups in total. The third-order valence-corrected chi connectivity index (χ3v) is 0.360. The topological polar surface area (TPSA) is 63.6 Å². The molecule has 8 heavy (non-hydrogen) atoms. The summed E-state index contributed by atoms with van der Waals surface area (Å²) in [6.45, 7) is 0. The molecular formula is C3H4O4Rb. The van der Waals surface area contributed by atoms with Crippen molar-refractivity contribution in [3.63, 3.8) is 0 Å². The largest absolute Gasteiger partial charge is 0.473 e. The fourth-order valence-corrected chi connectivity index (χ4v) is 0.0873. The van der Waals surface area contributed by atoms with Crippen LogP contribution in [-0.4, -0.2) is 82.3 Å². The number of carbonyl (C=O) groups excluding carboxylic acids is 1. The first kappa shape index (κ1) is 11.5. The average Bonchev–Trinajstić information content (AvgIpc) is 1.65. The van der Waals surface area contributed by atoms with Crippen molar-refractivity contribution >= 4 is 70.1 Å². The van der Waals surface area contributed by atoms with Crippen molar-refractivity contribution in [3.8, 4) is 0 Å². The van der Waals surface area contributed by atoms with E-state index in [1.807, 2.05) is 0 Å². The van der Waals surface area contributed by atoms with Gasteiger partial charge in [-0.05, 0) is 0 Å². The summed E-state index contributed by atoms with van der Waals surface area (Å²) in [6, 6.07) is 0. The minimum absolute atomic E-state index is 0. The van der Waals surface area contributed by atoms with E-state index in [4.69, 9.17) is 5.11 Å². The van der Waals surface area contributed by atoms with E-state index < -0.39 is 11.9 Å². The number of rotatable bonds is 0. The molecule has 0 rings (SSSR count). The van der Waals surface area contributed by atoms with Gasteiger partial charge in [0.05, 0.1) is 7.11 Å². The van der Waals surface area contributed by atoms with Gasteiger partial charge in [0.15, 0.2) is 0 Å². The van der Waals surface area contributed by atoms with Crippen LogP contribution in [0.3, 0.4) is 0 Å². The van der Waals surface area contributed by atoms with Crippen molar-refractivity contribution in [2.45, 2.75) is 0 Å². The molecule has 0 fully saturated rings. The second kappa shape index (κ2) is 5.87. The number of carboxylic acids is 1. The first-order chi connectivity index (χ1) is 3.18. The molecule has 1 radical (unpaired) electrons. The molecule has 0 aromatic heterocycles. The zero-order valence-electron chi connectivity index (χ0n) is 4.67. The van der Waals surface area contributed by atoms with Crippen LogP contribution in [0.4, 0.5) is 0 Å². The van der Waals surface area contributed by atoms with Gasteiger partial charge in [-0.25, -0.2) is 9.59 Å². The summed E-state index contributed by atoms with van der Waals surface area (Å²) in [5.41, 5.74) is 0. The van der Waals surface area contributed by atoms with E-state index >= 15 is 0 Å². The van der Waals surface area contributed by atoms with Crippen LogP contribution in [-0.2, 0) is 14.3 Å². The monoisotopic (exact) mass is 189 g/mol. The number of hydrogen-bond acceptors (Lipinski definition) is 3. The molecule has 5 heteroatoms. The Labute approximate surface area is 95.0 Å². The molecule has 0 aliphatic heterocycles. The summed E-state index contributed by atoms with van der Waals surface area (Å²) in [7, 11) is 1.01. The summed E-state index contributed by atoms with van der Waals surface area (Å²) in [5, 5.41) is 7.71. The maximum absolute atomic E-state index is 9.69. The van der Waals surface area contributed by atoms with E-state index in [1.54, 1.807) is 0 Å². The molecule has 4 nitrogen and oxygen atoms in total. The molecule has 0 heterocycles. The second-order valence-corrected chi connectivity index (χ2v) is 0.797. The van der Waals surface area contributed by atoms with Crippen molar-refractivity contribution in [3.05, 3.63) is 0 Å². The Balaban J connectivity index is 0. The van der Waals surface area contributed by atoms with Gasteiger partial charge in [0.2, 0.25) is 0 Å². The Morgan fingerprint density at radius 3 is 1.88 bits per heavy atom. The molecule has 0 spiro atoms. The maximum atomic E-state index is 9.69. The quantitative estimate of drug-likeness (QED) is 0.387. The number of hydrogen-bond donors (Lipinski definition) is 1. The molecule has 41 valence electrons. The molecule has 0 aliphatic carbocycles. The smallest absolute Gasteiger partial charge is 0.417 e. The number of methoxy groups -OCH3 is 1. The van der Waals surface area contributed by atoms with Crippen LogP contribution in [0, 0.1) is 0 Å². The van der Waals surface area contributed by atoms with Crippen molar-refractivity contribution in [2.75, 3.05) is 7.11 Å². The third-order valence-electron chi connectivity index (χ3n) is 0.360. The van der Waals surface area contributed by atoms with Crippen molar-refractivity contribution in [1.82, 2.24) is 0 Å². The maximum Gasteiger partial charge on any atom is 0.417 e. The minimum atomic E-state index is -1.57. The van der Waals surface area contributed by atoms with E-state index in [1.165, 1.54) is 0 Å². The summed E-state index contributed by atoms with van der Waals surface area (Å²) < 4.78 is 3.77.